The summed E-state index contributed by atoms with van der Waals surface area (Å²) in [5.41, 5.74) is -3.71. The van der Waals surface area contributed by atoms with Crippen LogP contribution in [0.25, 0.3) is 0 Å². The third-order valence-corrected chi connectivity index (χ3v) is 6.61. The number of carbonyl (C=O) groups is 1. The fourth-order valence-electron chi connectivity index (χ4n) is 4.67. The molecule has 2 aromatic heterocycles. The molecule has 2 aliphatic heterocycles. The lowest BCUT2D eigenvalue weighted by Crippen LogP contribution is -2.49. The fourth-order valence-corrected chi connectivity index (χ4v) is 4.67. The quantitative estimate of drug-likeness (QED) is 0.420. The summed E-state index contributed by atoms with van der Waals surface area (Å²) >= 11 is 0. The Balaban J connectivity index is 1.23. The van der Waals surface area contributed by atoms with Crippen molar-refractivity contribution in [3.63, 3.8) is 0 Å². The summed E-state index contributed by atoms with van der Waals surface area (Å²) in [5.74, 6) is 0.241. The van der Waals surface area contributed by atoms with Crippen molar-refractivity contribution < 1.29 is 35.9 Å². The maximum absolute atomic E-state index is 13.4. The van der Waals surface area contributed by atoms with Crippen molar-refractivity contribution in [2.75, 3.05) is 55.7 Å². The van der Waals surface area contributed by atoms with Crippen LogP contribution in [0.2, 0.25) is 0 Å². The number of nitrogens with one attached hydrogen (secondary N) is 1. The number of H-pyrrole nitrogens is 1. The van der Waals surface area contributed by atoms with E-state index >= 15 is 0 Å². The summed E-state index contributed by atoms with van der Waals surface area (Å²) in [7, 11) is 0. The zero-order valence-corrected chi connectivity index (χ0v) is 20.2. The van der Waals surface area contributed by atoms with Gasteiger partial charge in [-0.05, 0) is 25.0 Å². The first-order valence-corrected chi connectivity index (χ1v) is 12.0. The average Bonchev–Trinajstić information content (AvgIpc) is 3.34. The number of anilines is 2. The normalized spacial score (nSPS) is 18.8. The van der Waals surface area contributed by atoms with Crippen molar-refractivity contribution in [3.8, 4) is 0 Å². The van der Waals surface area contributed by atoms with Gasteiger partial charge in [-0.2, -0.15) is 31.4 Å². The third kappa shape index (κ3) is 6.37. The maximum Gasteiger partial charge on any atom is 0.423 e. The van der Waals surface area contributed by atoms with Crippen LogP contribution in [0, 0.1) is 0 Å². The molecule has 2 aliphatic rings. The molecular weight excluding hydrogens is 522 g/mol. The number of hydrogen-bond donors (Lipinski definition) is 1. The van der Waals surface area contributed by atoms with Gasteiger partial charge in [0.25, 0.3) is 5.56 Å². The van der Waals surface area contributed by atoms with Crippen molar-refractivity contribution in [2.45, 2.75) is 37.7 Å². The van der Waals surface area contributed by atoms with E-state index in [1.807, 2.05) is 5.10 Å². The largest absolute Gasteiger partial charge is 0.423 e. The van der Waals surface area contributed by atoms with Gasteiger partial charge >= 0.3 is 12.4 Å². The molecule has 1 atom stereocenters. The SMILES string of the molecule is O=C(CCOCC1CCCN1c1cn[nH]c(=O)c1C(F)(F)F)N1CCN(c2ccc(C(F)(F)F)cn2)CC1. The Bertz CT molecular complexity index is 1160. The molecule has 2 aromatic rings. The molecule has 15 heteroatoms. The lowest BCUT2D eigenvalue weighted by molar-refractivity contribution is -0.139. The van der Waals surface area contributed by atoms with E-state index in [0.717, 1.165) is 18.5 Å². The van der Waals surface area contributed by atoms with Gasteiger partial charge in [-0.15, -0.1) is 0 Å². The number of aromatic nitrogens is 3. The zero-order valence-electron chi connectivity index (χ0n) is 20.2. The molecule has 1 amide bonds. The minimum Gasteiger partial charge on any atom is -0.379 e. The highest BCUT2D eigenvalue weighted by Gasteiger charge is 2.40. The number of amides is 1. The monoisotopic (exact) mass is 548 g/mol. The topological polar surface area (TPSA) is 94.7 Å². The molecule has 1 N–H and O–H groups in total. The molecule has 38 heavy (non-hydrogen) atoms. The molecule has 4 rings (SSSR count). The second kappa shape index (κ2) is 11.2. The number of piperazine rings is 1. The Kier molecular flexibility index (Phi) is 8.13. The summed E-state index contributed by atoms with van der Waals surface area (Å²) in [6.07, 6.45) is -6.26. The van der Waals surface area contributed by atoms with Crippen LogP contribution in [0.5, 0.6) is 0 Å². The number of rotatable bonds is 7. The number of nitrogens with zero attached hydrogens (tertiary/aromatic N) is 5. The minimum atomic E-state index is -4.83. The zero-order chi connectivity index (χ0) is 27.5. The Morgan fingerprint density at radius 1 is 1.03 bits per heavy atom. The second-order valence-corrected chi connectivity index (χ2v) is 9.04. The number of carbonyl (C=O) groups excluding carboxylic acids is 1. The first kappa shape index (κ1) is 27.7. The molecule has 0 radical (unpaired) electrons. The number of alkyl halides is 6. The number of ether oxygens (including phenoxy) is 1. The molecule has 0 spiro atoms. The highest BCUT2D eigenvalue weighted by atomic mass is 19.4. The molecule has 4 heterocycles. The van der Waals surface area contributed by atoms with Gasteiger partial charge in [-0.25, -0.2) is 10.1 Å². The number of pyridine rings is 1. The van der Waals surface area contributed by atoms with Gasteiger partial charge in [0.05, 0.1) is 43.1 Å². The van der Waals surface area contributed by atoms with Gasteiger partial charge in [0.2, 0.25) is 5.91 Å². The van der Waals surface area contributed by atoms with Gasteiger partial charge in [0.15, 0.2) is 0 Å². The summed E-state index contributed by atoms with van der Waals surface area (Å²) in [6, 6.07) is 1.88. The van der Waals surface area contributed by atoms with Gasteiger partial charge in [0, 0.05) is 38.9 Å². The molecule has 0 aromatic carbocycles. The molecule has 2 fully saturated rings. The summed E-state index contributed by atoms with van der Waals surface area (Å²) in [5, 5.41) is 5.35. The Morgan fingerprint density at radius 2 is 1.76 bits per heavy atom. The second-order valence-electron chi connectivity index (χ2n) is 9.04. The van der Waals surface area contributed by atoms with E-state index in [0.29, 0.717) is 51.4 Å². The maximum atomic E-state index is 13.4. The Morgan fingerprint density at radius 3 is 2.39 bits per heavy atom. The van der Waals surface area contributed by atoms with Crippen LogP contribution in [0.15, 0.2) is 29.3 Å². The van der Waals surface area contributed by atoms with Crippen LogP contribution in [0.4, 0.5) is 37.8 Å². The van der Waals surface area contributed by atoms with Crippen LogP contribution in [0.1, 0.15) is 30.4 Å². The lowest BCUT2D eigenvalue weighted by Gasteiger charge is -2.35. The van der Waals surface area contributed by atoms with E-state index in [2.05, 4.69) is 10.1 Å². The van der Waals surface area contributed by atoms with Crippen molar-refractivity contribution in [1.29, 1.82) is 0 Å². The van der Waals surface area contributed by atoms with Crippen LogP contribution < -0.4 is 15.4 Å². The molecule has 0 aliphatic carbocycles. The molecule has 1 unspecified atom stereocenters. The lowest BCUT2D eigenvalue weighted by atomic mass is 10.2. The van der Waals surface area contributed by atoms with Crippen LogP contribution in [0.3, 0.4) is 0 Å². The molecule has 2 saturated heterocycles. The summed E-state index contributed by atoms with van der Waals surface area (Å²) in [6.45, 7) is 2.04. The van der Waals surface area contributed by atoms with Crippen molar-refractivity contribution in [2.24, 2.45) is 0 Å². The minimum absolute atomic E-state index is 0.0730. The smallest absolute Gasteiger partial charge is 0.379 e. The van der Waals surface area contributed by atoms with Crippen molar-refractivity contribution >= 4 is 17.4 Å². The van der Waals surface area contributed by atoms with E-state index in [-0.39, 0.29) is 31.2 Å². The van der Waals surface area contributed by atoms with Crippen molar-refractivity contribution in [1.82, 2.24) is 20.1 Å². The van der Waals surface area contributed by atoms with E-state index in [1.165, 1.54) is 11.0 Å². The standard InChI is InChI=1S/C23H26F6N6O3/c24-22(25,26)15-3-4-18(30-12-15)33-7-9-34(10-8-33)19(36)5-11-38-14-16-2-1-6-35(16)17-13-31-32-21(37)20(17)23(27,28)29/h3-4,12-13,16H,1-2,5-11,14H2,(H,32,37). The van der Waals surface area contributed by atoms with Gasteiger partial charge < -0.3 is 19.4 Å². The number of hydrogen-bond acceptors (Lipinski definition) is 7. The number of aromatic amines is 1. The van der Waals surface area contributed by atoms with Crippen molar-refractivity contribution in [3.05, 3.63) is 46.0 Å². The molecular formula is C23H26F6N6O3. The average molecular weight is 548 g/mol. The molecule has 0 bridgehead atoms. The van der Waals surface area contributed by atoms with Crippen LogP contribution in [-0.4, -0.2) is 78.0 Å². The third-order valence-electron chi connectivity index (χ3n) is 6.61. The van der Waals surface area contributed by atoms with Gasteiger partial charge in [0.1, 0.15) is 11.4 Å². The number of halogens is 6. The summed E-state index contributed by atoms with van der Waals surface area (Å²) < 4.78 is 84.1. The fraction of sp³-hybridized carbons (Fsp3) is 0.565. The first-order valence-electron chi connectivity index (χ1n) is 12.0. The van der Waals surface area contributed by atoms with Gasteiger partial charge in [-0.1, -0.05) is 0 Å². The van der Waals surface area contributed by atoms with Crippen LogP contribution >= 0.6 is 0 Å². The van der Waals surface area contributed by atoms with E-state index in [4.69, 9.17) is 4.74 Å². The first-order chi connectivity index (χ1) is 17.9. The predicted octanol–water partition coefficient (Wildman–Crippen LogP) is 2.93. The Labute approximate surface area is 213 Å². The van der Waals surface area contributed by atoms with E-state index in [1.54, 1.807) is 9.80 Å². The van der Waals surface area contributed by atoms with Gasteiger partial charge in [-0.3, -0.25) is 9.59 Å². The highest BCUT2D eigenvalue weighted by Crippen LogP contribution is 2.36. The van der Waals surface area contributed by atoms with Crippen LogP contribution in [-0.2, 0) is 21.9 Å². The predicted molar refractivity (Wildman–Crippen MR) is 124 cm³/mol. The molecule has 0 saturated carbocycles. The van der Waals surface area contributed by atoms with E-state index in [9.17, 15) is 35.9 Å². The highest BCUT2D eigenvalue weighted by molar-refractivity contribution is 5.76. The molecule has 208 valence electrons. The Hall–Kier alpha value is -3.36. The van der Waals surface area contributed by atoms with E-state index < -0.39 is 35.1 Å². The summed E-state index contributed by atoms with van der Waals surface area (Å²) in [4.78, 5) is 33.2. The molecule has 9 nitrogen and oxygen atoms in total.